The lowest BCUT2D eigenvalue weighted by Gasteiger charge is -1.84. The number of alkyl halides is 1. The topological polar surface area (TPSA) is 17.1 Å². The Labute approximate surface area is 88.7 Å². The first-order valence-corrected chi connectivity index (χ1v) is 5.81. The Balaban J connectivity index is 0.000000226. The third-order valence-corrected chi connectivity index (χ3v) is 2.46. The van der Waals surface area contributed by atoms with Crippen molar-refractivity contribution in [3.63, 3.8) is 0 Å². The molecule has 1 nitrogen and oxygen atoms in total. The molecule has 0 aliphatic heterocycles. The fourth-order valence-electron chi connectivity index (χ4n) is 0.703. The number of unbranched alkanes of at least 4 members (excludes halogenated alkanes) is 2. The van der Waals surface area contributed by atoms with Crippen LogP contribution in [0, 0.1) is 0 Å². The maximum atomic E-state index is 9.88. The molecule has 0 aliphatic rings. The lowest BCUT2D eigenvalue weighted by atomic mass is 10.3. The zero-order chi connectivity index (χ0) is 9.94. The number of hydrogen-bond acceptors (Lipinski definition) is 2. The average molecular weight is 219 g/mol. The molecule has 1 heterocycles. The van der Waals surface area contributed by atoms with E-state index in [0.29, 0.717) is 0 Å². The van der Waals surface area contributed by atoms with Crippen LogP contribution >= 0.6 is 22.9 Å². The molecular formula is C10H15ClOS. The summed E-state index contributed by atoms with van der Waals surface area (Å²) in [6.07, 6.45) is 4.58. The lowest BCUT2D eigenvalue weighted by molar-refractivity contribution is 0.112. The Hall–Kier alpha value is -0.340. The summed E-state index contributed by atoms with van der Waals surface area (Å²) in [5.74, 6) is 0.827. The molecule has 0 fully saturated rings. The van der Waals surface area contributed by atoms with Gasteiger partial charge in [0.05, 0.1) is 4.88 Å². The second kappa shape index (κ2) is 9.75. The standard InChI is InChI=1S/C5H11Cl.C5H4OS/c1-2-3-4-5-6;6-4-5-2-1-3-7-5/h2-5H2,1H3;1-4H. The fourth-order valence-corrected chi connectivity index (χ4v) is 1.42. The quantitative estimate of drug-likeness (QED) is 0.425. The zero-order valence-corrected chi connectivity index (χ0v) is 9.40. The van der Waals surface area contributed by atoms with Crippen LogP contribution in [0.5, 0.6) is 0 Å². The molecule has 0 saturated carbocycles. The molecule has 0 N–H and O–H groups in total. The summed E-state index contributed by atoms with van der Waals surface area (Å²) >= 11 is 6.84. The van der Waals surface area contributed by atoms with Crippen LogP contribution in [0.3, 0.4) is 0 Å². The highest BCUT2D eigenvalue weighted by Crippen LogP contribution is 2.03. The van der Waals surface area contributed by atoms with Crippen molar-refractivity contribution in [2.45, 2.75) is 26.2 Å². The summed E-state index contributed by atoms with van der Waals surface area (Å²) in [7, 11) is 0. The monoisotopic (exact) mass is 218 g/mol. The van der Waals surface area contributed by atoms with E-state index >= 15 is 0 Å². The largest absolute Gasteiger partial charge is 0.297 e. The summed E-state index contributed by atoms with van der Waals surface area (Å²) in [5.41, 5.74) is 0. The predicted molar refractivity (Wildman–Crippen MR) is 60.0 cm³/mol. The Morgan fingerprint density at radius 1 is 1.54 bits per heavy atom. The van der Waals surface area contributed by atoms with Crippen LogP contribution in [0.2, 0.25) is 0 Å². The van der Waals surface area contributed by atoms with Gasteiger partial charge in [0.1, 0.15) is 0 Å². The molecule has 3 heteroatoms. The van der Waals surface area contributed by atoms with E-state index in [-0.39, 0.29) is 0 Å². The molecule has 74 valence electrons. The van der Waals surface area contributed by atoms with Gasteiger partial charge in [0, 0.05) is 5.88 Å². The van der Waals surface area contributed by atoms with Crippen molar-refractivity contribution in [2.75, 3.05) is 5.88 Å². The minimum Gasteiger partial charge on any atom is -0.297 e. The van der Waals surface area contributed by atoms with Crippen molar-refractivity contribution in [2.24, 2.45) is 0 Å². The van der Waals surface area contributed by atoms with E-state index in [2.05, 4.69) is 6.92 Å². The van der Waals surface area contributed by atoms with Crippen molar-refractivity contribution in [1.82, 2.24) is 0 Å². The maximum absolute atomic E-state index is 9.88. The van der Waals surface area contributed by atoms with E-state index in [4.69, 9.17) is 11.6 Å². The molecule has 1 aromatic rings. The van der Waals surface area contributed by atoms with Gasteiger partial charge in [-0.3, -0.25) is 4.79 Å². The van der Waals surface area contributed by atoms with E-state index in [1.54, 1.807) is 6.07 Å². The Kier molecular flexibility index (Phi) is 9.49. The van der Waals surface area contributed by atoms with Crippen molar-refractivity contribution in [1.29, 1.82) is 0 Å². The van der Waals surface area contributed by atoms with Crippen LogP contribution in [0.15, 0.2) is 17.5 Å². The first kappa shape index (κ1) is 12.7. The molecule has 0 atom stereocenters. The minimum atomic E-state index is 0.792. The average Bonchev–Trinajstić information content (AvgIpc) is 2.68. The number of carbonyl (C=O) groups is 1. The summed E-state index contributed by atoms with van der Waals surface area (Å²) in [6.45, 7) is 2.17. The van der Waals surface area contributed by atoms with Gasteiger partial charge in [0.25, 0.3) is 0 Å². The van der Waals surface area contributed by atoms with Crippen LogP contribution in [0.4, 0.5) is 0 Å². The molecule has 0 aromatic carbocycles. The van der Waals surface area contributed by atoms with E-state index in [1.165, 1.54) is 30.6 Å². The normalized spacial score (nSPS) is 8.77. The van der Waals surface area contributed by atoms with Crippen molar-refractivity contribution in [3.05, 3.63) is 22.4 Å². The minimum absolute atomic E-state index is 0.792. The molecule has 13 heavy (non-hydrogen) atoms. The molecule has 0 aliphatic carbocycles. The third kappa shape index (κ3) is 8.00. The van der Waals surface area contributed by atoms with Crippen LogP contribution in [-0.4, -0.2) is 12.2 Å². The summed E-state index contributed by atoms with van der Waals surface area (Å²) in [4.78, 5) is 10.7. The smallest absolute Gasteiger partial charge is 0.159 e. The molecule has 1 rings (SSSR count). The van der Waals surface area contributed by atoms with Crippen LogP contribution < -0.4 is 0 Å². The number of hydrogen-bond donors (Lipinski definition) is 0. The van der Waals surface area contributed by atoms with Crippen molar-refractivity contribution in [3.8, 4) is 0 Å². The van der Waals surface area contributed by atoms with E-state index in [9.17, 15) is 4.79 Å². The maximum Gasteiger partial charge on any atom is 0.159 e. The molecule has 0 radical (unpaired) electrons. The molecule has 0 unspecified atom stereocenters. The van der Waals surface area contributed by atoms with E-state index in [0.717, 1.165) is 17.0 Å². The first-order chi connectivity index (χ1) is 6.35. The van der Waals surface area contributed by atoms with Crippen LogP contribution in [0.25, 0.3) is 0 Å². The highest BCUT2D eigenvalue weighted by molar-refractivity contribution is 7.11. The van der Waals surface area contributed by atoms with Crippen LogP contribution in [0.1, 0.15) is 35.9 Å². The predicted octanol–water partition coefficient (Wildman–Crippen LogP) is 3.98. The van der Waals surface area contributed by atoms with Gasteiger partial charge >= 0.3 is 0 Å². The van der Waals surface area contributed by atoms with Gasteiger partial charge in [0.2, 0.25) is 0 Å². The number of aldehydes is 1. The van der Waals surface area contributed by atoms with E-state index < -0.39 is 0 Å². The molecule has 0 saturated heterocycles. The summed E-state index contributed by atoms with van der Waals surface area (Å²) < 4.78 is 0. The zero-order valence-electron chi connectivity index (χ0n) is 7.83. The number of halogens is 1. The van der Waals surface area contributed by atoms with Gasteiger partial charge in [-0.2, -0.15) is 0 Å². The molecule has 0 spiro atoms. The number of thiophene rings is 1. The first-order valence-electron chi connectivity index (χ1n) is 4.39. The van der Waals surface area contributed by atoms with Crippen molar-refractivity contribution >= 4 is 29.2 Å². The second-order valence-corrected chi connectivity index (χ2v) is 3.89. The highest BCUT2D eigenvalue weighted by atomic mass is 35.5. The van der Waals surface area contributed by atoms with Gasteiger partial charge in [0.15, 0.2) is 6.29 Å². The third-order valence-electron chi connectivity index (χ3n) is 1.40. The fraction of sp³-hybridized carbons (Fsp3) is 0.500. The number of carbonyl (C=O) groups excluding carboxylic acids is 1. The van der Waals surface area contributed by atoms with Gasteiger partial charge in [-0.1, -0.05) is 25.8 Å². The van der Waals surface area contributed by atoms with Gasteiger partial charge in [-0.25, -0.2) is 0 Å². The molecule has 0 amide bonds. The second-order valence-electron chi connectivity index (χ2n) is 2.53. The Morgan fingerprint density at radius 2 is 2.31 bits per heavy atom. The highest BCUT2D eigenvalue weighted by Gasteiger charge is 1.82. The summed E-state index contributed by atoms with van der Waals surface area (Å²) in [6, 6.07) is 3.64. The lowest BCUT2D eigenvalue weighted by Crippen LogP contribution is -1.70. The Morgan fingerprint density at radius 3 is 2.54 bits per heavy atom. The number of rotatable bonds is 4. The van der Waals surface area contributed by atoms with Gasteiger partial charge in [-0.05, 0) is 17.9 Å². The SMILES string of the molecule is CCCCCCl.O=Cc1cccs1. The van der Waals surface area contributed by atoms with E-state index in [1.807, 2.05) is 11.4 Å². The molecular weight excluding hydrogens is 204 g/mol. The van der Waals surface area contributed by atoms with Crippen molar-refractivity contribution < 1.29 is 4.79 Å². The Bertz CT molecular complexity index is 193. The molecule has 1 aromatic heterocycles. The van der Waals surface area contributed by atoms with Gasteiger partial charge in [-0.15, -0.1) is 22.9 Å². The summed E-state index contributed by atoms with van der Waals surface area (Å²) in [5, 5.41) is 1.88. The van der Waals surface area contributed by atoms with Gasteiger partial charge < -0.3 is 0 Å². The van der Waals surface area contributed by atoms with Crippen LogP contribution in [-0.2, 0) is 0 Å². The molecule has 0 bridgehead atoms.